The summed E-state index contributed by atoms with van der Waals surface area (Å²) in [6.07, 6.45) is 7.42. The van der Waals surface area contributed by atoms with Gasteiger partial charge in [0.1, 0.15) is 6.54 Å². The zero-order valence-electron chi connectivity index (χ0n) is 18.7. The zero-order chi connectivity index (χ0) is 24.3. The number of thiazole rings is 1. The van der Waals surface area contributed by atoms with Gasteiger partial charge in [0.2, 0.25) is 15.9 Å². The molecule has 1 aromatic carbocycles. The molecule has 3 N–H and O–H groups in total. The molecule has 8 nitrogen and oxygen atoms in total. The Balaban J connectivity index is 1.30. The van der Waals surface area contributed by atoms with Gasteiger partial charge in [-0.15, -0.1) is 11.8 Å². The quantitative estimate of drug-likeness (QED) is 0.524. The van der Waals surface area contributed by atoms with Crippen molar-refractivity contribution < 1.29 is 13.2 Å². The minimum Gasteiger partial charge on any atom is -0.325 e. The zero-order valence-corrected chi connectivity index (χ0v) is 21.1. The van der Waals surface area contributed by atoms with Crippen molar-refractivity contribution in [1.29, 1.82) is 0 Å². The average Bonchev–Trinajstić information content (AvgIpc) is 3.52. The molecule has 0 saturated heterocycles. The standard InChI is InChI=1S/C24H24N4O4S3/c25-35(31,32)17-7-5-16(6-8-17)27-18(29)12-28-23-22(34-24(28)30)20(15-2-1-9-26-11-15)19-13-3-4-14(10-13)21(19)33-23/h1-2,5-9,11,13-14,19-21H,3-4,10,12H2,(H,27,29)(H2,25,31,32). The second-order valence-corrected chi connectivity index (χ2v) is 13.2. The van der Waals surface area contributed by atoms with Gasteiger partial charge in [-0.25, -0.2) is 13.6 Å². The monoisotopic (exact) mass is 528 g/mol. The molecule has 5 unspecified atom stereocenters. The number of amides is 1. The van der Waals surface area contributed by atoms with Crippen LogP contribution in [-0.4, -0.2) is 29.1 Å². The number of anilines is 1. The summed E-state index contributed by atoms with van der Waals surface area (Å²) in [5.74, 6) is 1.60. The van der Waals surface area contributed by atoms with E-state index in [1.165, 1.54) is 54.9 Å². The van der Waals surface area contributed by atoms with Crippen molar-refractivity contribution in [3.8, 4) is 0 Å². The molecule has 3 aromatic rings. The number of thioether (sulfide) groups is 1. The van der Waals surface area contributed by atoms with Crippen LogP contribution in [0.5, 0.6) is 0 Å². The van der Waals surface area contributed by atoms with Gasteiger partial charge in [-0.2, -0.15) is 0 Å². The number of sulfonamides is 1. The number of nitrogens with one attached hydrogen (secondary N) is 1. The van der Waals surface area contributed by atoms with Crippen LogP contribution in [0.4, 0.5) is 5.69 Å². The second kappa shape index (κ2) is 8.58. The molecule has 0 radical (unpaired) electrons. The molecule has 35 heavy (non-hydrogen) atoms. The fourth-order valence-corrected chi connectivity index (χ4v) is 9.76. The van der Waals surface area contributed by atoms with E-state index in [4.69, 9.17) is 5.14 Å². The van der Waals surface area contributed by atoms with E-state index in [0.29, 0.717) is 28.7 Å². The van der Waals surface area contributed by atoms with Crippen molar-refractivity contribution in [2.75, 3.05) is 5.32 Å². The highest BCUT2D eigenvalue weighted by Crippen LogP contribution is 2.63. The largest absolute Gasteiger partial charge is 0.325 e. The van der Waals surface area contributed by atoms with Gasteiger partial charge in [0, 0.05) is 34.1 Å². The van der Waals surface area contributed by atoms with E-state index in [1.807, 2.05) is 12.3 Å². The molecule has 3 heterocycles. The Morgan fingerprint density at radius 3 is 2.66 bits per heavy atom. The normalized spacial score (nSPS) is 26.8. The smallest absolute Gasteiger partial charge is 0.308 e. The Labute approximate surface area is 211 Å². The molecular formula is C24H24N4O4S3. The number of hydrogen-bond donors (Lipinski definition) is 2. The molecule has 2 saturated carbocycles. The lowest BCUT2D eigenvalue weighted by molar-refractivity contribution is -0.116. The predicted octanol–water partition coefficient (Wildman–Crippen LogP) is 3.24. The van der Waals surface area contributed by atoms with Crippen LogP contribution in [0.1, 0.15) is 35.6 Å². The lowest BCUT2D eigenvalue weighted by Gasteiger charge is -2.40. The van der Waals surface area contributed by atoms with Crippen molar-refractivity contribution in [3.05, 3.63) is 68.9 Å². The van der Waals surface area contributed by atoms with Crippen LogP contribution in [0, 0.1) is 17.8 Å². The first-order valence-electron chi connectivity index (χ1n) is 11.5. The van der Waals surface area contributed by atoms with E-state index in [-0.39, 0.29) is 28.1 Å². The molecule has 2 bridgehead atoms. The summed E-state index contributed by atoms with van der Waals surface area (Å²) >= 11 is 3.03. The number of pyridine rings is 1. The van der Waals surface area contributed by atoms with E-state index in [1.54, 1.807) is 22.5 Å². The Kier molecular flexibility index (Phi) is 5.63. The number of rotatable bonds is 5. The minimum absolute atomic E-state index is 0.0307. The van der Waals surface area contributed by atoms with Crippen molar-refractivity contribution in [3.63, 3.8) is 0 Å². The highest BCUT2D eigenvalue weighted by Gasteiger charge is 2.55. The van der Waals surface area contributed by atoms with Crippen LogP contribution in [0.15, 0.2) is 63.5 Å². The van der Waals surface area contributed by atoms with Crippen LogP contribution >= 0.6 is 23.1 Å². The molecular weight excluding hydrogens is 504 g/mol. The maximum absolute atomic E-state index is 13.1. The van der Waals surface area contributed by atoms with E-state index < -0.39 is 10.0 Å². The fraction of sp³-hybridized carbons (Fsp3) is 0.375. The van der Waals surface area contributed by atoms with Gasteiger partial charge in [0.05, 0.1) is 9.92 Å². The van der Waals surface area contributed by atoms with E-state index in [0.717, 1.165) is 15.5 Å². The summed E-state index contributed by atoms with van der Waals surface area (Å²) < 4.78 is 24.5. The lowest BCUT2D eigenvalue weighted by atomic mass is 9.75. The second-order valence-electron chi connectivity index (χ2n) is 9.50. The van der Waals surface area contributed by atoms with E-state index in [9.17, 15) is 18.0 Å². The molecule has 3 aliphatic rings. The summed E-state index contributed by atoms with van der Waals surface area (Å²) in [7, 11) is -3.81. The Morgan fingerprint density at radius 1 is 1.17 bits per heavy atom. The molecule has 11 heteroatoms. The molecule has 6 rings (SSSR count). The highest BCUT2D eigenvalue weighted by molar-refractivity contribution is 8.00. The van der Waals surface area contributed by atoms with Gasteiger partial charge in [-0.05, 0) is 72.9 Å². The fourth-order valence-electron chi connectivity index (χ4n) is 6.09. The molecule has 2 aromatic heterocycles. The summed E-state index contributed by atoms with van der Waals surface area (Å²) in [5.41, 5.74) is 1.58. The molecule has 2 aliphatic carbocycles. The predicted molar refractivity (Wildman–Crippen MR) is 135 cm³/mol. The number of nitrogens with two attached hydrogens (primary N) is 1. The van der Waals surface area contributed by atoms with Gasteiger partial charge in [-0.3, -0.25) is 19.1 Å². The highest BCUT2D eigenvalue weighted by atomic mass is 32.2. The van der Waals surface area contributed by atoms with Crippen molar-refractivity contribution in [2.45, 2.75) is 46.9 Å². The van der Waals surface area contributed by atoms with Gasteiger partial charge in [-0.1, -0.05) is 17.4 Å². The number of carbonyl (C=O) groups excluding carboxylic acids is 1. The number of fused-ring (bicyclic) bond motifs is 6. The van der Waals surface area contributed by atoms with Crippen molar-refractivity contribution in [2.24, 2.45) is 22.9 Å². The summed E-state index contributed by atoms with van der Waals surface area (Å²) in [6.45, 7) is -0.0974. The number of aromatic nitrogens is 2. The minimum atomic E-state index is -3.81. The molecule has 5 atom stereocenters. The third-order valence-electron chi connectivity index (χ3n) is 7.50. The van der Waals surface area contributed by atoms with Crippen LogP contribution in [0.3, 0.4) is 0 Å². The number of carbonyl (C=O) groups is 1. The van der Waals surface area contributed by atoms with Crippen LogP contribution in [0.2, 0.25) is 0 Å². The molecule has 0 spiro atoms. The molecule has 1 amide bonds. The third-order valence-corrected chi connectivity index (χ3v) is 11.3. The van der Waals surface area contributed by atoms with Gasteiger partial charge in [0.15, 0.2) is 0 Å². The van der Waals surface area contributed by atoms with Crippen LogP contribution < -0.4 is 15.3 Å². The number of hydrogen-bond acceptors (Lipinski definition) is 7. The summed E-state index contributed by atoms with van der Waals surface area (Å²) in [6, 6.07) is 9.70. The summed E-state index contributed by atoms with van der Waals surface area (Å²) in [5, 5.41) is 9.24. The first kappa shape index (κ1) is 23.0. The van der Waals surface area contributed by atoms with Gasteiger partial charge in [0.25, 0.3) is 0 Å². The SMILES string of the molecule is NS(=O)(=O)c1ccc(NC(=O)Cn2c3c(sc2=O)C(c2cccnc2)C2C4CCC(C4)C2S3)cc1. The first-order valence-corrected chi connectivity index (χ1v) is 14.8. The van der Waals surface area contributed by atoms with Crippen molar-refractivity contribution >= 4 is 44.7 Å². The van der Waals surface area contributed by atoms with E-state index in [2.05, 4.69) is 16.4 Å². The van der Waals surface area contributed by atoms with Gasteiger partial charge >= 0.3 is 4.87 Å². The van der Waals surface area contributed by atoms with Gasteiger partial charge < -0.3 is 5.32 Å². The third kappa shape index (κ3) is 4.04. The number of primary sulfonamides is 1. The molecule has 2 fully saturated rings. The number of nitrogens with zero attached hydrogens (tertiary/aromatic N) is 2. The lowest BCUT2D eigenvalue weighted by Crippen LogP contribution is -2.34. The van der Waals surface area contributed by atoms with E-state index >= 15 is 0 Å². The maximum Gasteiger partial charge on any atom is 0.308 e. The Morgan fingerprint density at radius 2 is 1.94 bits per heavy atom. The molecule has 182 valence electrons. The topological polar surface area (TPSA) is 124 Å². The van der Waals surface area contributed by atoms with Crippen LogP contribution in [0.25, 0.3) is 0 Å². The number of benzene rings is 1. The maximum atomic E-state index is 13.1. The Bertz CT molecular complexity index is 1450. The summed E-state index contributed by atoms with van der Waals surface area (Å²) in [4.78, 5) is 31.2. The first-order chi connectivity index (χ1) is 16.8. The van der Waals surface area contributed by atoms with Crippen LogP contribution in [-0.2, 0) is 21.4 Å². The average molecular weight is 529 g/mol. The Hall–Kier alpha value is -2.47. The molecule has 1 aliphatic heterocycles. The van der Waals surface area contributed by atoms with Crippen molar-refractivity contribution in [1.82, 2.24) is 9.55 Å².